The molecule has 0 radical (unpaired) electrons. The molecule has 0 aliphatic rings. The normalized spacial score (nSPS) is 10.0. The molecule has 1 aromatic carbocycles. The lowest BCUT2D eigenvalue weighted by atomic mass is 10.1. The van der Waals surface area contributed by atoms with E-state index < -0.39 is 0 Å². The number of carbonyl (C=O) groups excluding carboxylic acids is 1. The van der Waals surface area contributed by atoms with E-state index in [0.29, 0.717) is 19.2 Å². The zero-order valence-electron chi connectivity index (χ0n) is 6.20. The Labute approximate surface area is 94.2 Å². The Morgan fingerprint density at radius 3 is 2.50 bits per heavy atom. The van der Waals surface area contributed by atoms with E-state index in [1.165, 1.54) is 6.92 Å². The summed E-state index contributed by atoms with van der Waals surface area (Å²) in [6, 6.07) is 3.31. The second kappa shape index (κ2) is 3.94. The van der Waals surface area contributed by atoms with Crippen molar-refractivity contribution in [1.29, 1.82) is 0 Å². The summed E-state index contributed by atoms with van der Waals surface area (Å²) < 4.78 is 0.717. The third kappa shape index (κ3) is 1.92. The van der Waals surface area contributed by atoms with Crippen molar-refractivity contribution in [2.24, 2.45) is 0 Å². The van der Waals surface area contributed by atoms with Gasteiger partial charge in [-0.3, -0.25) is 4.79 Å². The van der Waals surface area contributed by atoms with Crippen molar-refractivity contribution in [2.75, 3.05) is 0 Å². The molecule has 0 atom stereocenters. The number of rotatable bonds is 1. The Hall–Kier alpha value is 0.200. The highest BCUT2D eigenvalue weighted by Gasteiger charge is 2.10. The highest BCUT2D eigenvalue weighted by molar-refractivity contribution is 14.1. The van der Waals surface area contributed by atoms with Crippen LogP contribution in [0.15, 0.2) is 12.1 Å². The first-order valence-corrected chi connectivity index (χ1v) is 5.02. The van der Waals surface area contributed by atoms with Crippen LogP contribution in [0.5, 0.6) is 0 Å². The molecule has 12 heavy (non-hydrogen) atoms. The van der Waals surface area contributed by atoms with Crippen LogP contribution in [0.2, 0.25) is 10.0 Å². The standard InChI is InChI=1S/C8H5Cl2IO/c1-4(12)5-2-3-6(9)7(10)8(5)11/h2-3H,1H3. The van der Waals surface area contributed by atoms with Gasteiger partial charge in [-0.2, -0.15) is 0 Å². The minimum absolute atomic E-state index is 0.00188. The van der Waals surface area contributed by atoms with Crippen LogP contribution in [-0.4, -0.2) is 5.78 Å². The van der Waals surface area contributed by atoms with Gasteiger partial charge in [0, 0.05) is 9.13 Å². The maximum absolute atomic E-state index is 11.0. The predicted molar refractivity (Wildman–Crippen MR) is 59.2 cm³/mol. The van der Waals surface area contributed by atoms with Crippen molar-refractivity contribution in [2.45, 2.75) is 6.92 Å². The highest BCUT2D eigenvalue weighted by atomic mass is 127. The van der Waals surface area contributed by atoms with Crippen LogP contribution in [0.4, 0.5) is 0 Å². The van der Waals surface area contributed by atoms with E-state index in [2.05, 4.69) is 0 Å². The number of benzene rings is 1. The Kier molecular flexibility index (Phi) is 3.37. The largest absolute Gasteiger partial charge is 0.294 e. The zero-order valence-corrected chi connectivity index (χ0v) is 9.87. The second-order valence-corrected chi connectivity index (χ2v) is 4.14. The average Bonchev–Trinajstić information content (AvgIpc) is 2.00. The number of carbonyl (C=O) groups is 1. The third-order valence-electron chi connectivity index (χ3n) is 1.41. The minimum atomic E-state index is -0.00188. The molecule has 0 spiro atoms. The summed E-state index contributed by atoms with van der Waals surface area (Å²) in [5.74, 6) is -0.00188. The molecule has 0 N–H and O–H groups in total. The Bertz CT molecular complexity index is 336. The molecule has 0 aliphatic heterocycles. The number of hydrogen-bond acceptors (Lipinski definition) is 1. The molecule has 0 unspecified atom stereocenters. The van der Waals surface area contributed by atoms with Crippen molar-refractivity contribution in [3.63, 3.8) is 0 Å². The highest BCUT2D eigenvalue weighted by Crippen LogP contribution is 2.29. The molecule has 64 valence electrons. The van der Waals surface area contributed by atoms with Gasteiger partial charge in [-0.1, -0.05) is 23.2 Å². The van der Waals surface area contributed by atoms with Crippen LogP contribution in [0, 0.1) is 3.57 Å². The first kappa shape index (κ1) is 10.3. The Balaban J connectivity index is 3.36. The van der Waals surface area contributed by atoms with Crippen molar-refractivity contribution in [1.82, 2.24) is 0 Å². The van der Waals surface area contributed by atoms with Gasteiger partial charge in [0.1, 0.15) is 0 Å². The third-order valence-corrected chi connectivity index (χ3v) is 3.66. The fraction of sp³-hybridized carbons (Fsp3) is 0.125. The molecule has 1 aromatic rings. The van der Waals surface area contributed by atoms with Crippen molar-refractivity contribution in [3.05, 3.63) is 31.3 Å². The van der Waals surface area contributed by atoms with Crippen LogP contribution >= 0.6 is 45.8 Å². The Morgan fingerprint density at radius 2 is 2.00 bits per heavy atom. The van der Waals surface area contributed by atoms with E-state index >= 15 is 0 Å². The monoisotopic (exact) mass is 314 g/mol. The average molecular weight is 315 g/mol. The van der Waals surface area contributed by atoms with E-state index in [-0.39, 0.29) is 5.78 Å². The van der Waals surface area contributed by atoms with Crippen molar-refractivity contribution in [3.8, 4) is 0 Å². The number of halogens is 3. The van der Waals surface area contributed by atoms with Gasteiger partial charge in [-0.05, 0) is 41.6 Å². The summed E-state index contributed by atoms with van der Waals surface area (Å²) in [6.45, 7) is 1.50. The molecule has 0 bridgehead atoms. The molecule has 0 aromatic heterocycles. The van der Waals surface area contributed by atoms with Crippen LogP contribution in [0.1, 0.15) is 17.3 Å². The summed E-state index contributed by atoms with van der Waals surface area (Å²) in [7, 11) is 0. The quantitative estimate of drug-likeness (QED) is 0.438. The molecule has 0 saturated heterocycles. The molecule has 0 aliphatic carbocycles. The topological polar surface area (TPSA) is 17.1 Å². The fourth-order valence-corrected chi connectivity index (χ4v) is 2.13. The van der Waals surface area contributed by atoms with E-state index in [9.17, 15) is 4.79 Å². The zero-order chi connectivity index (χ0) is 9.30. The first-order valence-electron chi connectivity index (χ1n) is 3.18. The minimum Gasteiger partial charge on any atom is -0.294 e. The Morgan fingerprint density at radius 1 is 1.42 bits per heavy atom. The number of ketones is 1. The van der Waals surface area contributed by atoms with Gasteiger partial charge in [-0.15, -0.1) is 0 Å². The summed E-state index contributed by atoms with van der Waals surface area (Å²) >= 11 is 13.6. The van der Waals surface area contributed by atoms with E-state index in [1.807, 2.05) is 22.6 Å². The molecule has 1 nitrogen and oxygen atoms in total. The molecule has 0 amide bonds. The van der Waals surface area contributed by atoms with Crippen molar-refractivity contribution >= 4 is 51.6 Å². The van der Waals surface area contributed by atoms with Gasteiger partial charge in [0.05, 0.1) is 10.0 Å². The van der Waals surface area contributed by atoms with E-state index in [0.717, 1.165) is 0 Å². The summed E-state index contributed by atoms with van der Waals surface area (Å²) in [4.78, 5) is 11.0. The van der Waals surface area contributed by atoms with E-state index in [4.69, 9.17) is 23.2 Å². The molecular weight excluding hydrogens is 310 g/mol. The smallest absolute Gasteiger partial charge is 0.160 e. The summed E-state index contributed by atoms with van der Waals surface area (Å²) in [5.41, 5.74) is 0.616. The molecule has 4 heteroatoms. The van der Waals surface area contributed by atoms with Crippen molar-refractivity contribution < 1.29 is 4.79 Å². The van der Waals surface area contributed by atoms with Gasteiger partial charge in [0.15, 0.2) is 5.78 Å². The SMILES string of the molecule is CC(=O)c1ccc(Cl)c(Cl)c1I. The second-order valence-electron chi connectivity index (χ2n) is 2.28. The van der Waals surface area contributed by atoms with Crippen LogP contribution < -0.4 is 0 Å². The van der Waals surface area contributed by atoms with Gasteiger partial charge < -0.3 is 0 Å². The van der Waals surface area contributed by atoms with Gasteiger partial charge in [0.2, 0.25) is 0 Å². The molecule has 0 fully saturated rings. The molecular formula is C8H5Cl2IO. The summed E-state index contributed by atoms with van der Waals surface area (Å²) in [6.07, 6.45) is 0. The maximum atomic E-state index is 11.0. The van der Waals surface area contributed by atoms with E-state index in [1.54, 1.807) is 12.1 Å². The van der Waals surface area contributed by atoms with Crippen LogP contribution in [0.25, 0.3) is 0 Å². The van der Waals surface area contributed by atoms with Crippen LogP contribution in [0.3, 0.4) is 0 Å². The predicted octanol–water partition coefficient (Wildman–Crippen LogP) is 3.80. The first-order chi connectivity index (χ1) is 5.54. The lowest BCUT2D eigenvalue weighted by molar-refractivity contribution is 0.101. The van der Waals surface area contributed by atoms with Gasteiger partial charge in [0.25, 0.3) is 0 Å². The fourth-order valence-electron chi connectivity index (χ4n) is 0.798. The van der Waals surface area contributed by atoms with Gasteiger partial charge >= 0.3 is 0 Å². The molecule has 0 heterocycles. The number of Topliss-reactive ketones (excluding diaryl/α,β-unsaturated/α-hetero) is 1. The van der Waals surface area contributed by atoms with Gasteiger partial charge in [-0.25, -0.2) is 0 Å². The van der Waals surface area contributed by atoms with Crippen LogP contribution in [-0.2, 0) is 0 Å². The lowest BCUT2D eigenvalue weighted by Crippen LogP contribution is -1.96. The lowest BCUT2D eigenvalue weighted by Gasteiger charge is -2.03. The summed E-state index contributed by atoms with van der Waals surface area (Å²) in [5, 5.41) is 0.927. The molecule has 1 rings (SSSR count). The maximum Gasteiger partial charge on any atom is 0.160 e. The molecule has 0 saturated carbocycles. The number of hydrogen-bond donors (Lipinski definition) is 0.